The Morgan fingerprint density at radius 3 is 2.42 bits per heavy atom. The van der Waals surface area contributed by atoms with Gasteiger partial charge in [0.2, 0.25) is 0 Å². The number of para-hydroxylation sites is 1. The fraction of sp³-hybridized carbons (Fsp3) is 0.143. The van der Waals surface area contributed by atoms with E-state index in [1.807, 2.05) is 0 Å². The van der Waals surface area contributed by atoms with Crippen molar-refractivity contribution in [2.24, 2.45) is 0 Å². The summed E-state index contributed by atoms with van der Waals surface area (Å²) >= 11 is 0. The van der Waals surface area contributed by atoms with Crippen LogP contribution >= 0.6 is 12.4 Å². The fourth-order valence-corrected chi connectivity index (χ4v) is 3.23. The summed E-state index contributed by atoms with van der Waals surface area (Å²) in [5.41, 5.74) is 3.76. The molecule has 1 heterocycles. The molecule has 1 atom stereocenters. The lowest BCUT2D eigenvalue weighted by molar-refractivity contribution is 0.573. The van der Waals surface area contributed by atoms with E-state index < -0.39 is 0 Å². The number of hydrogen-bond acceptors (Lipinski definition) is 1. The molecule has 0 aliphatic rings. The van der Waals surface area contributed by atoms with E-state index in [9.17, 15) is 0 Å². The van der Waals surface area contributed by atoms with Crippen LogP contribution in [0.2, 0.25) is 0 Å². The van der Waals surface area contributed by atoms with Gasteiger partial charge >= 0.3 is 0 Å². The largest absolute Gasteiger partial charge is 0.357 e. The number of benzene rings is 3. The Morgan fingerprint density at radius 2 is 1.58 bits per heavy atom. The van der Waals surface area contributed by atoms with Crippen molar-refractivity contribution in [3.63, 3.8) is 0 Å². The maximum atomic E-state index is 3.64. The number of aromatic amines is 1. The Bertz CT molecular complexity index is 920. The third-order valence-electron chi connectivity index (χ3n) is 4.47. The van der Waals surface area contributed by atoms with Gasteiger partial charge in [-0.2, -0.15) is 0 Å². The molecule has 0 fully saturated rings. The highest BCUT2D eigenvalue weighted by Crippen LogP contribution is 2.24. The average molecular weight is 337 g/mol. The Hall–Kier alpha value is -2.29. The molecule has 0 spiro atoms. The normalized spacial score (nSPS) is 12.2. The van der Waals surface area contributed by atoms with Crippen molar-refractivity contribution in [2.45, 2.75) is 19.5 Å². The molecule has 0 radical (unpaired) electrons. The van der Waals surface area contributed by atoms with Crippen LogP contribution in [0.4, 0.5) is 0 Å². The van der Waals surface area contributed by atoms with Crippen LogP contribution in [0.15, 0.2) is 72.8 Å². The maximum Gasteiger partial charge on any atom is 0.0456 e. The third kappa shape index (κ3) is 3.16. The quantitative estimate of drug-likeness (QED) is 0.499. The van der Waals surface area contributed by atoms with Crippen LogP contribution in [-0.2, 0) is 6.54 Å². The van der Waals surface area contributed by atoms with E-state index in [1.165, 1.54) is 32.9 Å². The van der Waals surface area contributed by atoms with E-state index >= 15 is 0 Å². The van der Waals surface area contributed by atoms with Crippen LogP contribution in [0.25, 0.3) is 21.7 Å². The fourth-order valence-electron chi connectivity index (χ4n) is 3.23. The number of aromatic nitrogens is 1. The molecule has 0 amide bonds. The number of halogens is 1. The first kappa shape index (κ1) is 16.6. The smallest absolute Gasteiger partial charge is 0.0456 e. The highest BCUT2D eigenvalue weighted by Gasteiger charge is 2.09. The molecule has 0 aliphatic heterocycles. The number of rotatable bonds is 4. The Kier molecular flexibility index (Phi) is 4.89. The lowest BCUT2D eigenvalue weighted by Gasteiger charge is -2.16. The first-order chi connectivity index (χ1) is 11.3. The average Bonchev–Trinajstić information content (AvgIpc) is 3.02. The second-order valence-corrected chi connectivity index (χ2v) is 6.05. The van der Waals surface area contributed by atoms with Crippen molar-refractivity contribution in [3.05, 3.63) is 84.1 Å². The van der Waals surface area contributed by atoms with Gasteiger partial charge in [-0.25, -0.2) is 0 Å². The standard InChI is InChI=1S/C21H20N2.ClH/c1-15(19-11-6-9-16-7-2-4-10-20(16)19)22-14-18-13-17-8-3-5-12-21(17)23-18;/h2-13,15,22-23H,14H2,1H3;1H/t15-;/m0./s1. The Labute approximate surface area is 148 Å². The lowest BCUT2D eigenvalue weighted by Crippen LogP contribution is -2.18. The predicted molar refractivity (Wildman–Crippen MR) is 105 cm³/mol. The third-order valence-corrected chi connectivity index (χ3v) is 4.47. The molecule has 4 rings (SSSR count). The van der Waals surface area contributed by atoms with Crippen molar-refractivity contribution in [2.75, 3.05) is 0 Å². The molecule has 1 aromatic heterocycles. The summed E-state index contributed by atoms with van der Waals surface area (Å²) < 4.78 is 0. The van der Waals surface area contributed by atoms with E-state index in [0.717, 1.165) is 6.54 Å². The van der Waals surface area contributed by atoms with Crippen LogP contribution < -0.4 is 5.32 Å². The van der Waals surface area contributed by atoms with E-state index in [4.69, 9.17) is 0 Å². The van der Waals surface area contributed by atoms with Crippen molar-refractivity contribution in [1.29, 1.82) is 0 Å². The molecule has 0 saturated heterocycles. The summed E-state index contributed by atoms with van der Waals surface area (Å²) in [4.78, 5) is 3.48. The first-order valence-corrected chi connectivity index (χ1v) is 8.09. The Morgan fingerprint density at radius 1 is 0.875 bits per heavy atom. The predicted octanol–water partition coefficient (Wildman–Crippen LogP) is 5.59. The summed E-state index contributed by atoms with van der Waals surface area (Å²) in [6.07, 6.45) is 0. The molecule has 24 heavy (non-hydrogen) atoms. The zero-order valence-electron chi connectivity index (χ0n) is 13.6. The van der Waals surface area contributed by atoms with Gasteiger partial charge in [0.25, 0.3) is 0 Å². The topological polar surface area (TPSA) is 27.8 Å². The lowest BCUT2D eigenvalue weighted by atomic mass is 10.00. The highest BCUT2D eigenvalue weighted by atomic mass is 35.5. The number of hydrogen-bond donors (Lipinski definition) is 2. The van der Waals surface area contributed by atoms with Crippen molar-refractivity contribution >= 4 is 34.1 Å². The molecule has 3 heteroatoms. The second kappa shape index (κ2) is 7.08. The second-order valence-electron chi connectivity index (χ2n) is 6.05. The molecule has 122 valence electrons. The minimum absolute atomic E-state index is 0. The van der Waals surface area contributed by atoms with Gasteiger partial charge in [-0.1, -0.05) is 60.7 Å². The van der Waals surface area contributed by atoms with Gasteiger partial charge in [0.15, 0.2) is 0 Å². The molecule has 4 aromatic rings. The zero-order chi connectivity index (χ0) is 15.6. The molecule has 2 nitrogen and oxygen atoms in total. The van der Waals surface area contributed by atoms with Crippen LogP contribution in [0, 0.1) is 0 Å². The van der Waals surface area contributed by atoms with Crippen molar-refractivity contribution in [3.8, 4) is 0 Å². The summed E-state index contributed by atoms with van der Waals surface area (Å²) in [7, 11) is 0. The maximum absolute atomic E-state index is 3.64. The van der Waals surface area contributed by atoms with E-state index in [2.05, 4.69) is 90.0 Å². The first-order valence-electron chi connectivity index (χ1n) is 8.09. The highest BCUT2D eigenvalue weighted by molar-refractivity contribution is 5.86. The summed E-state index contributed by atoms with van der Waals surface area (Å²) in [5.74, 6) is 0. The molecule has 2 N–H and O–H groups in total. The van der Waals surface area contributed by atoms with Crippen molar-refractivity contribution < 1.29 is 0 Å². The van der Waals surface area contributed by atoms with E-state index in [1.54, 1.807) is 0 Å². The molecule has 0 saturated carbocycles. The van der Waals surface area contributed by atoms with E-state index in [0.29, 0.717) is 6.04 Å². The van der Waals surface area contributed by atoms with Gasteiger partial charge in [0, 0.05) is 23.8 Å². The van der Waals surface area contributed by atoms with E-state index in [-0.39, 0.29) is 12.4 Å². The monoisotopic (exact) mass is 336 g/mol. The van der Waals surface area contributed by atoms with Gasteiger partial charge in [-0.3, -0.25) is 0 Å². The molecular weight excluding hydrogens is 316 g/mol. The number of H-pyrrole nitrogens is 1. The SMILES string of the molecule is C[C@H](NCc1cc2ccccc2[nH]1)c1cccc2ccccc12.Cl. The molecule has 0 unspecified atom stereocenters. The summed E-state index contributed by atoms with van der Waals surface area (Å²) in [6, 6.07) is 26.0. The number of fused-ring (bicyclic) bond motifs is 2. The van der Waals surface area contributed by atoms with Gasteiger partial charge in [-0.15, -0.1) is 12.4 Å². The summed E-state index contributed by atoms with van der Waals surface area (Å²) in [6.45, 7) is 3.06. The zero-order valence-corrected chi connectivity index (χ0v) is 14.4. The minimum Gasteiger partial charge on any atom is -0.357 e. The van der Waals surface area contributed by atoms with Gasteiger partial charge in [0.1, 0.15) is 0 Å². The van der Waals surface area contributed by atoms with Crippen LogP contribution in [0.1, 0.15) is 24.2 Å². The van der Waals surface area contributed by atoms with Crippen LogP contribution in [-0.4, -0.2) is 4.98 Å². The van der Waals surface area contributed by atoms with Gasteiger partial charge in [0.05, 0.1) is 0 Å². The Balaban J connectivity index is 0.00000169. The molecular formula is C21H21ClN2. The van der Waals surface area contributed by atoms with Crippen molar-refractivity contribution in [1.82, 2.24) is 10.3 Å². The summed E-state index contributed by atoms with van der Waals surface area (Å²) in [5, 5.41) is 7.52. The minimum atomic E-state index is 0. The molecule has 0 bridgehead atoms. The van der Waals surface area contributed by atoms with Crippen LogP contribution in [0.5, 0.6) is 0 Å². The molecule has 0 aliphatic carbocycles. The number of nitrogens with one attached hydrogen (secondary N) is 2. The van der Waals surface area contributed by atoms with Gasteiger partial charge in [-0.05, 0) is 40.8 Å². The van der Waals surface area contributed by atoms with Crippen LogP contribution in [0.3, 0.4) is 0 Å². The van der Waals surface area contributed by atoms with Gasteiger partial charge < -0.3 is 10.3 Å². The molecule has 3 aromatic carbocycles.